The summed E-state index contributed by atoms with van der Waals surface area (Å²) in [4.78, 5) is 59.8. The largest absolute Gasteiger partial charge is 0.445 e. The lowest BCUT2D eigenvalue weighted by molar-refractivity contribution is -0.141. The van der Waals surface area contributed by atoms with Crippen LogP contribution in [0.25, 0.3) is 11.1 Å². The third-order valence-electron chi connectivity index (χ3n) is 9.57. The van der Waals surface area contributed by atoms with Crippen molar-refractivity contribution in [2.24, 2.45) is 11.8 Å². The van der Waals surface area contributed by atoms with E-state index in [9.17, 15) is 19.2 Å². The molecule has 3 aromatic rings. The number of hydrogen-bond donors (Lipinski definition) is 2. The Morgan fingerprint density at radius 1 is 0.939 bits per heavy atom. The summed E-state index contributed by atoms with van der Waals surface area (Å²) in [6, 6.07) is 12.2. The molecule has 1 aromatic heterocycles. The number of rotatable bonds is 13. The van der Waals surface area contributed by atoms with Gasteiger partial charge in [-0.15, -0.1) is 0 Å². The van der Waals surface area contributed by atoms with Crippen LogP contribution in [0.2, 0.25) is 18.1 Å². The maximum atomic E-state index is 13.7. The third kappa shape index (κ3) is 9.36. The molecule has 1 aliphatic heterocycles. The Balaban J connectivity index is 1.42. The normalized spacial score (nSPS) is 16.6. The first-order chi connectivity index (χ1) is 23.0. The number of likely N-dealkylation sites (tertiary alicyclic amines) is 1. The van der Waals surface area contributed by atoms with Gasteiger partial charge in [-0.2, -0.15) is 0 Å². The highest BCUT2D eigenvalue weighted by molar-refractivity contribution is 6.74. The average Bonchev–Trinajstić information content (AvgIpc) is 3.71. The third-order valence-corrected chi connectivity index (χ3v) is 14.1. The molecule has 49 heavy (non-hydrogen) atoms. The Labute approximate surface area is 290 Å². The zero-order valence-corrected chi connectivity index (χ0v) is 31.3. The molecule has 2 heterocycles. The number of carbonyl (C=O) groups is 4. The molecule has 0 radical (unpaired) electrons. The van der Waals surface area contributed by atoms with E-state index < -0.39 is 44.2 Å². The van der Waals surface area contributed by atoms with E-state index >= 15 is 0 Å². The van der Waals surface area contributed by atoms with Crippen LogP contribution in [0.1, 0.15) is 83.1 Å². The lowest BCUT2D eigenvalue weighted by Crippen LogP contribution is -2.57. The zero-order chi connectivity index (χ0) is 36.1. The molecule has 0 saturated carbocycles. The number of aromatic nitrogens is 1. The van der Waals surface area contributed by atoms with E-state index in [1.165, 1.54) is 4.90 Å². The maximum Gasteiger partial charge on any atom is 0.408 e. The number of amides is 3. The van der Waals surface area contributed by atoms with Gasteiger partial charge in [-0.25, -0.2) is 9.78 Å². The highest BCUT2D eigenvalue weighted by Crippen LogP contribution is 2.37. The van der Waals surface area contributed by atoms with Crippen molar-refractivity contribution in [3.63, 3.8) is 0 Å². The van der Waals surface area contributed by atoms with E-state index in [1.54, 1.807) is 6.07 Å². The summed E-state index contributed by atoms with van der Waals surface area (Å²) in [6.07, 6.45) is 0.331. The van der Waals surface area contributed by atoms with Crippen LogP contribution in [0.4, 0.5) is 4.79 Å². The van der Waals surface area contributed by atoms with E-state index in [0.29, 0.717) is 37.1 Å². The number of carbonyl (C=O) groups excluding carboxylic acids is 4. The van der Waals surface area contributed by atoms with Gasteiger partial charge < -0.3 is 29.1 Å². The number of alkyl carbamates (subject to hydrolysis) is 1. The predicted octanol–water partition coefficient (Wildman–Crippen LogP) is 6.62. The summed E-state index contributed by atoms with van der Waals surface area (Å²) in [7, 11) is -1.96. The van der Waals surface area contributed by atoms with Crippen molar-refractivity contribution in [2.45, 2.75) is 111 Å². The average molecular weight is 693 g/mol. The first kappa shape index (κ1) is 37.8. The van der Waals surface area contributed by atoms with Gasteiger partial charge in [0.2, 0.25) is 17.6 Å². The Hall–Kier alpha value is -4.03. The molecule has 4 rings (SSSR count). The quantitative estimate of drug-likeness (QED) is 0.151. The summed E-state index contributed by atoms with van der Waals surface area (Å²) >= 11 is 0. The lowest BCUT2D eigenvalue weighted by atomic mass is 9.98. The molecule has 2 N–H and O–H groups in total. The SMILES string of the molecule is CC(C)[C@H](NC(=O)[C@@H]1CCCN1C(=O)[C@@H](NC(=O)OCc1ccccc1)C(C)C)C(=O)c1nc2cc(CO[Si](C)(C)C(C)(C)C)ccc2o1. The first-order valence-corrected chi connectivity index (χ1v) is 20.0. The minimum absolute atomic E-state index is 0.0674. The van der Waals surface area contributed by atoms with Crippen molar-refractivity contribution in [1.29, 1.82) is 0 Å². The van der Waals surface area contributed by atoms with Crippen LogP contribution in [0.15, 0.2) is 52.9 Å². The Kier molecular flexibility index (Phi) is 12.1. The summed E-state index contributed by atoms with van der Waals surface area (Å²) in [6.45, 7) is 19.1. The van der Waals surface area contributed by atoms with Gasteiger partial charge >= 0.3 is 6.09 Å². The molecule has 1 saturated heterocycles. The molecule has 1 aliphatic rings. The Morgan fingerprint density at radius 2 is 1.61 bits per heavy atom. The van der Waals surface area contributed by atoms with Crippen molar-refractivity contribution in [3.05, 3.63) is 65.5 Å². The van der Waals surface area contributed by atoms with Crippen LogP contribution in [0.5, 0.6) is 0 Å². The van der Waals surface area contributed by atoms with Crippen LogP contribution < -0.4 is 10.6 Å². The summed E-state index contributed by atoms with van der Waals surface area (Å²) in [5.41, 5.74) is 2.76. The number of nitrogens with zero attached hydrogens (tertiary/aromatic N) is 2. The van der Waals surface area contributed by atoms with Crippen LogP contribution in [-0.4, -0.2) is 66.6 Å². The van der Waals surface area contributed by atoms with Crippen LogP contribution in [0, 0.1) is 11.8 Å². The fourth-order valence-corrected chi connectivity index (χ4v) is 6.41. The molecule has 3 atom stereocenters. The predicted molar refractivity (Wildman–Crippen MR) is 190 cm³/mol. The van der Waals surface area contributed by atoms with E-state index in [0.717, 1.165) is 11.1 Å². The first-order valence-electron chi connectivity index (χ1n) is 17.1. The summed E-state index contributed by atoms with van der Waals surface area (Å²) < 4.78 is 17.6. The lowest BCUT2D eigenvalue weighted by Gasteiger charge is -2.36. The van der Waals surface area contributed by atoms with E-state index in [1.807, 2.05) is 70.2 Å². The molecule has 266 valence electrons. The molecule has 1 fully saturated rings. The maximum absolute atomic E-state index is 13.7. The fraction of sp³-hybridized carbons (Fsp3) is 0.541. The molecule has 0 spiro atoms. The van der Waals surface area contributed by atoms with Gasteiger partial charge in [-0.1, -0.05) is 84.9 Å². The van der Waals surface area contributed by atoms with Crippen LogP contribution >= 0.6 is 0 Å². The van der Waals surface area contributed by atoms with Crippen LogP contribution in [-0.2, 0) is 32.0 Å². The van der Waals surface area contributed by atoms with Crippen LogP contribution in [0.3, 0.4) is 0 Å². The number of fused-ring (bicyclic) bond motifs is 1. The van der Waals surface area contributed by atoms with Gasteiger partial charge in [0.05, 0.1) is 12.6 Å². The van der Waals surface area contributed by atoms with Gasteiger partial charge in [0.1, 0.15) is 24.2 Å². The number of nitrogens with one attached hydrogen (secondary N) is 2. The van der Waals surface area contributed by atoms with E-state index in [-0.39, 0.29) is 35.3 Å². The molecule has 0 aliphatic carbocycles. The highest BCUT2D eigenvalue weighted by atomic mass is 28.4. The van der Waals surface area contributed by atoms with Crippen molar-refractivity contribution in [1.82, 2.24) is 20.5 Å². The smallest absolute Gasteiger partial charge is 0.408 e. The number of hydrogen-bond acceptors (Lipinski definition) is 8. The molecular weight excluding hydrogens is 641 g/mol. The second-order valence-electron chi connectivity index (χ2n) is 15.1. The molecular formula is C37H52N4O7Si. The molecule has 3 amide bonds. The number of oxazole rings is 1. The van der Waals surface area contributed by atoms with Crippen molar-refractivity contribution < 1.29 is 32.8 Å². The number of ether oxygens (including phenoxy) is 1. The van der Waals surface area contributed by atoms with Gasteiger partial charge in [-0.3, -0.25) is 14.4 Å². The molecule has 0 bridgehead atoms. The number of ketones is 1. The summed E-state index contributed by atoms with van der Waals surface area (Å²) in [5.74, 6) is -1.89. The standard InChI is InChI=1S/C37H52N4O7Si/c1-23(2)30(32(42)34-38-27-20-26(17-18-29(27)48-34)22-47-49(8,9)37(5,6)7)39-33(43)28-16-13-19-41(28)35(44)31(24(3)4)40-36(45)46-21-25-14-11-10-12-15-25/h10-12,14-15,17-18,20,23-24,28,30-31H,13,16,19,21-22H2,1-9H3,(H,39,43)(H,40,45)/t28-,30-,31-/m0/s1. The second kappa shape index (κ2) is 15.7. The minimum Gasteiger partial charge on any atom is -0.445 e. The van der Waals surface area contributed by atoms with E-state index in [2.05, 4.69) is 49.5 Å². The van der Waals surface area contributed by atoms with Crippen molar-refractivity contribution >= 4 is 43.1 Å². The van der Waals surface area contributed by atoms with Gasteiger partial charge in [0, 0.05) is 6.54 Å². The number of Topliss-reactive ketones (excluding diaryl/α,β-unsaturated/α-hetero) is 1. The van der Waals surface area contributed by atoms with Gasteiger partial charge in [0.15, 0.2) is 13.9 Å². The van der Waals surface area contributed by atoms with E-state index in [4.69, 9.17) is 13.6 Å². The van der Waals surface area contributed by atoms with Crippen molar-refractivity contribution in [3.8, 4) is 0 Å². The Morgan fingerprint density at radius 3 is 2.24 bits per heavy atom. The zero-order valence-electron chi connectivity index (χ0n) is 30.3. The molecule has 0 unspecified atom stereocenters. The highest BCUT2D eigenvalue weighted by Gasteiger charge is 2.41. The molecule has 11 nitrogen and oxygen atoms in total. The van der Waals surface area contributed by atoms with Gasteiger partial charge in [0.25, 0.3) is 5.89 Å². The fourth-order valence-electron chi connectivity index (χ4n) is 5.45. The monoisotopic (exact) mass is 692 g/mol. The number of benzene rings is 2. The minimum atomic E-state index is -1.96. The second-order valence-corrected chi connectivity index (χ2v) is 19.9. The molecule has 12 heteroatoms. The summed E-state index contributed by atoms with van der Waals surface area (Å²) in [5, 5.41) is 5.66. The van der Waals surface area contributed by atoms with Crippen molar-refractivity contribution in [2.75, 3.05) is 6.54 Å². The Bertz CT molecular complexity index is 1630. The molecule has 2 aromatic carbocycles. The van der Waals surface area contributed by atoms with Gasteiger partial charge in [-0.05, 0) is 66.1 Å². The topological polar surface area (TPSA) is 140 Å².